The van der Waals surface area contributed by atoms with Crippen LogP contribution in [0.5, 0.6) is 0 Å². The van der Waals surface area contributed by atoms with Crippen molar-refractivity contribution < 1.29 is 4.79 Å². The van der Waals surface area contributed by atoms with Crippen LogP contribution in [0.1, 0.15) is 32.6 Å². The lowest BCUT2D eigenvalue weighted by molar-refractivity contribution is -0.117. The molecule has 2 aromatic rings. The molecule has 2 aliphatic rings. The number of nitrogens with one attached hydrogen (secondary N) is 1. The van der Waals surface area contributed by atoms with Crippen LogP contribution in [0.3, 0.4) is 0 Å². The van der Waals surface area contributed by atoms with Crippen LogP contribution in [-0.2, 0) is 18.9 Å². The molecule has 4 rings (SSSR count). The molecule has 7 nitrogen and oxygen atoms in total. The van der Waals surface area contributed by atoms with E-state index < -0.39 is 11.1 Å². The summed E-state index contributed by atoms with van der Waals surface area (Å²) in [7, 11) is 3.22. The highest BCUT2D eigenvalue weighted by molar-refractivity contribution is 6.00. The van der Waals surface area contributed by atoms with Crippen molar-refractivity contribution in [3.8, 4) is 0 Å². The molecule has 1 N–H and O–H groups in total. The number of rotatable bonds is 3. The maximum Gasteiger partial charge on any atom is 0.316 e. The van der Waals surface area contributed by atoms with Crippen molar-refractivity contribution in [1.29, 1.82) is 0 Å². The van der Waals surface area contributed by atoms with Crippen LogP contribution >= 0.6 is 0 Å². The third-order valence-electron chi connectivity index (χ3n) is 5.94. The lowest BCUT2D eigenvalue weighted by Gasteiger charge is -2.34. The Bertz CT molecular complexity index is 1020. The van der Waals surface area contributed by atoms with Gasteiger partial charge in [-0.15, -0.1) is 0 Å². The van der Waals surface area contributed by atoms with Crippen molar-refractivity contribution >= 4 is 28.3 Å². The first kappa shape index (κ1) is 17.8. The zero-order valence-corrected chi connectivity index (χ0v) is 16.1. The van der Waals surface area contributed by atoms with Gasteiger partial charge in [-0.3, -0.25) is 14.4 Å². The van der Waals surface area contributed by atoms with Gasteiger partial charge in [-0.1, -0.05) is 6.92 Å². The first-order chi connectivity index (χ1) is 12.9. The molecule has 1 aliphatic carbocycles. The van der Waals surface area contributed by atoms with Gasteiger partial charge in [0.2, 0.25) is 5.91 Å². The highest BCUT2D eigenvalue weighted by Crippen LogP contribution is 2.36. The fourth-order valence-corrected chi connectivity index (χ4v) is 3.80. The predicted molar refractivity (Wildman–Crippen MR) is 106 cm³/mol. The molecule has 0 unspecified atom stereocenters. The molecule has 0 radical (unpaired) electrons. The average Bonchev–Trinajstić information content (AvgIpc) is 3.50. The molecule has 27 heavy (non-hydrogen) atoms. The van der Waals surface area contributed by atoms with Gasteiger partial charge in [0.15, 0.2) is 0 Å². The summed E-state index contributed by atoms with van der Waals surface area (Å²) >= 11 is 0. The minimum atomic E-state index is -0.566. The van der Waals surface area contributed by atoms with E-state index >= 15 is 0 Å². The molecular weight excluding hydrogens is 344 g/mol. The van der Waals surface area contributed by atoms with E-state index in [0.29, 0.717) is 17.0 Å². The molecule has 1 aromatic carbocycles. The Morgan fingerprint density at radius 2 is 1.52 bits per heavy atom. The van der Waals surface area contributed by atoms with Crippen LogP contribution in [0.15, 0.2) is 21.7 Å². The second-order valence-electron chi connectivity index (χ2n) is 8.02. The Morgan fingerprint density at radius 3 is 2.07 bits per heavy atom. The highest BCUT2D eigenvalue weighted by Gasteiger charge is 2.31. The number of aromatic nitrogens is 2. The highest BCUT2D eigenvalue weighted by atomic mass is 16.2. The number of nitrogens with zero attached hydrogens (tertiary/aromatic N) is 3. The summed E-state index contributed by atoms with van der Waals surface area (Å²) in [5.41, 5.74) is 1.88. The second kappa shape index (κ2) is 6.55. The summed E-state index contributed by atoms with van der Waals surface area (Å²) in [5, 5.41) is 3.07. The topological polar surface area (TPSA) is 76.3 Å². The monoisotopic (exact) mass is 370 g/mol. The minimum absolute atomic E-state index is 0.0378. The molecule has 144 valence electrons. The summed E-state index contributed by atoms with van der Waals surface area (Å²) in [4.78, 5) is 39.1. The van der Waals surface area contributed by atoms with E-state index in [1.807, 2.05) is 12.1 Å². The lowest BCUT2D eigenvalue weighted by Crippen LogP contribution is -2.39. The molecule has 7 heteroatoms. The largest absolute Gasteiger partial charge is 0.370 e. The number of fused-ring (bicyclic) bond motifs is 1. The van der Waals surface area contributed by atoms with Crippen LogP contribution in [0.2, 0.25) is 0 Å². The van der Waals surface area contributed by atoms with E-state index in [1.165, 1.54) is 9.13 Å². The van der Waals surface area contributed by atoms with Crippen LogP contribution < -0.4 is 21.3 Å². The average molecular weight is 370 g/mol. The van der Waals surface area contributed by atoms with Crippen LogP contribution in [-0.4, -0.2) is 28.1 Å². The van der Waals surface area contributed by atoms with Crippen molar-refractivity contribution in [3.63, 3.8) is 0 Å². The first-order valence-corrected chi connectivity index (χ1v) is 9.66. The van der Waals surface area contributed by atoms with E-state index in [2.05, 4.69) is 17.1 Å². The number of benzene rings is 1. The Hall–Kier alpha value is -2.57. The maximum atomic E-state index is 12.4. The van der Waals surface area contributed by atoms with Gasteiger partial charge in [-0.05, 0) is 43.7 Å². The molecule has 1 aliphatic heterocycles. The standard InChI is InChI=1S/C20H26N4O3/c1-12-6-8-24(9-7-12)15-11-17-16(22(2)19(26)20(27)23(17)3)10-14(15)21-18(25)13-4-5-13/h10-13H,4-9H2,1-3H3,(H,21,25). The van der Waals surface area contributed by atoms with Crippen LogP contribution in [0, 0.1) is 11.8 Å². The van der Waals surface area contributed by atoms with E-state index in [9.17, 15) is 14.4 Å². The summed E-state index contributed by atoms with van der Waals surface area (Å²) in [5.74, 6) is 0.825. The number of carbonyl (C=O) groups is 1. The molecule has 1 aromatic heterocycles. The van der Waals surface area contributed by atoms with Crippen molar-refractivity contribution in [1.82, 2.24) is 9.13 Å². The van der Waals surface area contributed by atoms with Gasteiger partial charge < -0.3 is 19.4 Å². The van der Waals surface area contributed by atoms with Gasteiger partial charge in [0, 0.05) is 33.1 Å². The van der Waals surface area contributed by atoms with Crippen molar-refractivity contribution in [2.24, 2.45) is 25.9 Å². The van der Waals surface area contributed by atoms with Crippen molar-refractivity contribution in [2.45, 2.75) is 32.6 Å². The Kier molecular flexibility index (Phi) is 4.32. The second-order valence-corrected chi connectivity index (χ2v) is 8.02. The van der Waals surface area contributed by atoms with Gasteiger partial charge in [0.1, 0.15) is 0 Å². The Labute approximate surface area is 157 Å². The van der Waals surface area contributed by atoms with Crippen molar-refractivity contribution in [3.05, 3.63) is 32.8 Å². The zero-order chi connectivity index (χ0) is 19.3. The minimum Gasteiger partial charge on any atom is -0.370 e. The number of amides is 1. The number of hydrogen-bond donors (Lipinski definition) is 1. The van der Waals surface area contributed by atoms with Gasteiger partial charge in [-0.25, -0.2) is 0 Å². The summed E-state index contributed by atoms with van der Waals surface area (Å²) in [6.07, 6.45) is 4.06. The molecular formula is C20H26N4O3. The van der Waals surface area contributed by atoms with Gasteiger partial charge in [0.25, 0.3) is 0 Å². The molecule has 1 saturated heterocycles. The molecule has 2 heterocycles. The lowest BCUT2D eigenvalue weighted by atomic mass is 9.98. The fraction of sp³-hybridized carbons (Fsp3) is 0.550. The maximum absolute atomic E-state index is 12.4. The molecule has 1 saturated carbocycles. The van der Waals surface area contributed by atoms with E-state index in [1.54, 1.807) is 14.1 Å². The predicted octanol–water partition coefficient (Wildman–Crippen LogP) is 1.82. The quantitative estimate of drug-likeness (QED) is 0.836. The third kappa shape index (κ3) is 3.15. The van der Waals surface area contributed by atoms with Crippen LogP contribution in [0.25, 0.3) is 11.0 Å². The summed E-state index contributed by atoms with van der Waals surface area (Å²) in [6, 6.07) is 3.78. The summed E-state index contributed by atoms with van der Waals surface area (Å²) in [6.45, 7) is 4.09. The van der Waals surface area contributed by atoms with Gasteiger partial charge >= 0.3 is 11.1 Å². The normalized spacial score (nSPS) is 18.1. The first-order valence-electron chi connectivity index (χ1n) is 9.66. The Morgan fingerprint density at radius 1 is 0.963 bits per heavy atom. The third-order valence-corrected chi connectivity index (χ3v) is 5.94. The molecule has 0 bridgehead atoms. The van der Waals surface area contributed by atoms with E-state index in [4.69, 9.17) is 0 Å². The fourth-order valence-electron chi connectivity index (χ4n) is 3.80. The Balaban J connectivity index is 1.88. The van der Waals surface area contributed by atoms with Gasteiger partial charge in [0.05, 0.1) is 22.4 Å². The van der Waals surface area contributed by atoms with Gasteiger partial charge in [-0.2, -0.15) is 0 Å². The summed E-state index contributed by atoms with van der Waals surface area (Å²) < 4.78 is 2.77. The SMILES string of the molecule is CC1CCN(c2cc3c(cc2NC(=O)C2CC2)n(C)c(=O)c(=O)n3C)CC1. The number of aryl methyl sites for hydroxylation is 2. The van der Waals surface area contributed by atoms with Crippen LogP contribution in [0.4, 0.5) is 11.4 Å². The molecule has 0 spiro atoms. The van der Waals surface area contributed by atoms with E-state index in [0.717, 1.165) is 50.1 Å². The smallest absolute Gasteiger partial charge is 0.316 e. The number of piperidine rings is 1. The number of carbonyl (C=O) groups excluding carboxylic acids is 1. The molecule has 1 amide bonds. The molecule has 0 atom stereocenters. The number of hydrogen-bond acceptors (Lipinski definition) is 4. The zero-order valence-electron chi connectivity index (χ0n) is 16.1. The van der Waals surface area contributed by atoms with E-state index in [-0.39, 0.29) is 11.8 Å². The molecule has 2 fully saturated rings. The number of anilines is 2. The van der Waals surface area contributed by atoms with Crippen molar-refractivity contribution in [2.75, 3.05) is 23.3 Å².